The van der Waals surface area contributed by atoms with Crippen molar-refractivity contribution < 1.29 is 33.5 Å². The van der Waals surface area contributed by atoms with Gasteiger partial charge in [0.2, 0.25) is 29.5 Å². The number of carbonyl (C=O) groups is 6. The van der Waals surface area contributed by atoms with Crippen molar-refractivity contribution in [2.45, 2.75) is 89.4 Å². The van der Waals surface area contributed by atoms with Crippen molar-refractivity contribution in [1.29, 1.82) is 0 Å². The highest BCUT2D eigenvalue weighted by Gasteiger charge is 2.43. The summed E-state index contributed by atoms with van der Waals surface area (Å²) in [4.78, 5) is 79.9. The second-order valence-corrected chi connectivity index (χ2v) is 12.0. The Bertz CT molecular complexity index is 1430. The molecular formula is C34H43N5O7. The Morgan fingerprint density at radius 2 is 1.67 bits per heavy atom. The van der Waals surface area contributed by atoms with E-state index < -0.39 is 47.4 Å². The van der Waals surface area contributed by atoms with Crippen molar-refractivity contribution in [3.8, 4) is 0 Å². The lowest BCUT2D eigenvalue weighted by Gasteiger charge is -2.36. The van der Waals surface area contributed by atoms with E-state index in [-0.39, 0.29) is 37.7 Å². The smallest absolute Gasteiger partial charge is 0.338 e. The number of carbonyl (C=O) groups excluding carboxylic acids is 6. The third kappa shape index (κ3) is 8.70. The number of amides is 5. The van der Waals surface area contributed by atoms with Gasteiger partial charge in [0.1, 0.15) is 23.7 Å². The molecule has 4 rings (SSSR count). The predicted octanol–water partition coefficient (Wildman–Crippen LogP) is 2.47. The summed E-state index contributed by atoms with van der Waals surface area (Å²) >= 11 is 0. The molecule has 0 radical (unpaired) electrons. The number of hydrogen-bond donors (Lipinski definition) is 4. The van der Waals surface area contributed by atoms with Gasteiger partial charge in [0, 0.05) is 25.6 Å². The SMILES string of the molecule is CC[C@]1(C)NC(=O)[C@H](CCCCOC(=O)c2ccccc2)NC(=O)[C@H]2CCCN2C(=O)[C@H](Cc2ccc(NC(C)=O)cc2)NC1=O. The van der Waals surface area contributed by atoms with Crippen LogP contribution in [0.3, 0.4) is 0 Å². The molecule has 0 bridgehead atoms. The van der Waals surface area contributed by atoms with E-state index in [4.69, 9.17) is 4.74 Å². The van der Waals surface area contributed by atoms with Crippen LogP contribution in [0.4, 0.5) is 5.69 Å². The van der Waals surface area contributed by atoms with Gasteiger partial charge in [-0.15, -0.1) is 0 Å². The number of anilines is 1. The Kier molecular flexibility index (Phi) is 11.5. The lowest BCUT2D eigenvalue weighted by Crippen LogP contribution is -2.65. The molecule has 2 saturated heterocycles. The van der Waals surface area contributed by atoms with E-state index in [0.717, 1.165) is 5.56 Å². The maximum Gasteiger partial charge on any atom is 0.338 e. The summed E-state index contributed by atoms with van der Waals surface area (Å²) in [6, 6.07) is 12.9. The van der Waals surface area contributed by atoms with Crippen LogP contribution in [0.2, 0.25) is 0 Å². The molecule has 0 spiro atoms. The first-order valence-electron chi connectivity index (χ1n) is 15.8. The second kappa shape index (κ2) is 15.5. The van der Waals surface area contributed by atoms with Crippen LogP contribution in [-0.2, 0) is 35.1 Å². The normalized spacial score (nSPS) is 23.6. The maximum atomic E-state index is 13.9. The van der Waals surface area contributed by atoms with Gasteiger partial charge in [-0.25, -0.2) is 4.79 Å². The molecule has 2 fully saturated rings. The summed E-state index contributed by atoms with van der Waals surface area (Å²) in [6.45, 7) is 5.26. The monoisotopic (exact) mass is 633 g/mol. The molecule has 0 unspecified atom stereocenters. The van der Waals surface area contributed by atoms with Gasteiger partial charge in [0.05, 0.1) is 12.2 Å². The van der Waals surface area contributed by atoms with Crippen LogP contribution in [0.1, 0.15) is 75.2 Å². The van der Waals surface area contributed by atoms with E-state index in [1.165, 1.54) is 11.8 Å². The van der Waals surface area contributed by atoms with Crippen molar-refractivity contribution in [1.82, 2.24) is 20.9 Å². The summed E-state index contributed by atoms with van der Waals surface area (Å²) in [5.74, 6) is -2.46. The lowest BCUT2D eigenvalue weighted by molar-refractivity contribution is -0.144. The number of esters is 1. The first-order valence-corrected chi connectivity index (χ1v) is 15.8. The molecule has 12 nitrogen and oxygen atoms in total. The molecule has 2 aromatic carbocycles. The number of ether oxygens (including phenoxy) is 1. The molecular weight excluding hydrogens is 590 g/mol. The highest BCUT2D eigenvalue weighted by Crippen LogP contribution is 2.22. The van der Waals surface area contributed by atoms with E-state index in [2.05, 4.69) is 21.3 Å². The minimum Gasteiger partial charge on any atom is -0.462 e. The topological polar surface area (TPSA) is 163 Å². The zero-order chi connectivity index (χ0) is 33.3. The maximum absolute atomic E-state index is 13.9. The molecule has 0 aromatic heterocycles. The standard InChI is InChI=1S/C34H43N5O7/c1-4-34(3)33(45)37-27(21-23-15-17-25(18-16-23)35-22(2)40)31(43)39-19-10-14-28(39)30(42)36-26(29(41)38-34)13-8-9-20-46-32(44)24-11-6-5-7-12-24/h5-7,11-12,15-18,26-28H,4,8-10,13-14,19-21H2,1-3H3,(H,35,40)(H,36,42)(H,37,45)(H,38,41)/t26-,27-,28+,34-/m0/s1. The number of nitrogens with one attached hydrogen (secondary N) is 4. The molecule has 0 aliphatic carbocycles. The average Bonchev–Trinajstić information content (AvgIpc) is 3.54. The Morgan fingerprint density at radius 1 is 0.957 bits per heavy atom. The Morgan fingerprint density at radius 3 is 2.35 bits per heavy atom. The van der Waals surface area contributed by atoms with Crippen molar-refractivity contribution in [2.75, 3.05) is 18.5 Å². The lowest BCUT2D eigenvalue weighted by atomic mass is 9.94. The quantitative estimate of drug-likeness (QED) is 0.231. The molecule has 12 heteroatoms. The van der Waals surface area contributed by atoms with Crippen LogP contribution >= 0.6 is 0 Å². The summed E-state index contributed by atoms with van der Waals surface area (Å²) < 4.78 is 5.34. The van der Waals surface area contributed by atoms with Crippen LogP contribution in [0, 0.1) is 0 Å². The van der Waals surface area contributed by atoms with Gasteiger partial charge in [-0.2, -0.15) is 0 Å². The summed E-state index contributed by atoms with van der Waals surface area (Å²) in [5.41, 5.74) is 0.439. The number of fused-ring (bicyclic) bond motifs is 1. The Hall–Kier alpha value is -4.74. The fraction of sp³-hybridized carbons (Fsp3) is 0.471. The minimum atomic E-state index is -1.36. The molecule has 2 aliphatic heterocycles. The van der Waals surface area contributed by atoms with Gasteiger partial charge in [-0.05, 0) is 75.3 Å². The fourth-order valence-electron chi connectivity index (χ4n) is 5.66. The zero-order valence-electron chi connectivity index (χ0n) is 26.6. The van der Waals surface area contributed by atoms with Gasteiger partial charge in [-0.1, -0.05) is 37.3 Å². The molecule has 246 valence electrons. The van der Waals surface area contributed by atoms with Crippen molar-refractivity contribution in [3.63, 3.8) is 0 Å². The van der Waals surface area contributed by atoms with Gasteiger partial charge in [0.25, 0.3) is 0 Å². The van der Waals surface area contributed by atoms with E-state index in [9.17, 15) is 28.8 Å². The van der Waals surface area contributed by atoms with Crippen molar-refractivity contribution in [3.05, 3.63) is 65.7 Å². The van der Waals surface area contributed by atoms with Gasteiger partial charge in [0.15, 0.2) is 0 Å². The van der Waals surface area contributed by atoms with Crippen molar-refractivity contribution in [2.24, 2.45) is 0 Å². The van der Waals surface area contributed by atoms with E-state index >= 15 is 0 Å². The van der Waals surface area contributed by atoms with E-state index in [1.807, 2.05) is 6.07 Å². The van der Waals surface area contributed by atoms with E-state index in [1.54, 1.807) is 62.4 Å². The zero-order valence-corrected chi connectivity index (χ0v) is 26.6. The van der Waals surface area contributed by atoms with Crippen LogP contribution in [0.25, 0.3) is 0 Å². The summed E-state index contributed by atoms with van der Waals surface area (Å²) in [7, 11) is 0. The molecule has 0 saturated carbocycles. The average molecular weight is 634 g/mol. The fourth-order valence-corrected chi connectivity index (χ4v) is 5.66. The van der Waals surface area contributed by atoms with E-state index in [0.29, 0.717) is 43.5 Å². The first-order chi connectivity index (χ1) is 22.0. The van der Waals surface area contributed by atoms with Gasteiger partial charge < -0.3 is 30.9 Å². The molecule has 2 aliphatic rings. The Balaban J connectivity index is 1.48. The molecule has 4 N–H and O–H groups in total. The third-order valence-electron chi connectivity index (χ3n) is 8.53. The minimum absolute atomic E-state index is 0.146. The Labute approximate surface area is 269 Å². The first kappa shape index (κ1) is 34.1. The molecule has 4 atom stereocenters. The highest BCUT2D eigenvalue weighted by molar-refractivity contribution is 5.99. The van der Waals surface area contributed by atoms with Gasteiger partial charge >= 0.3 is 5.97 Å². The van der Waals surface area contributed by atoms with Crippen LogP contribution < -0.4 is 21.3 Å². The third-order valence-corrected chi connectivity index (χ3v) is 8.53. The molecule has 2 heterocycles. The molecule has 46 heavy (non-hydrogen) atoms. The van der Waals surface area contributed by atoms with Crippen LogP contribution in [0.15, 0.2) is 54.6 Å². The number of rotatable bonds is 10. The number of hydrogen-bond acceptors (Lipinski definition) is 7. The van der Waals surface area contributed by atoms with Crippen molar-refractivity contribution >= 4 is 41.2 Å². The molecule has 2 aromatic rings. The van der Waals surface area contributed by atoms with Crippen LogP contribution in [-0.4, -0.2) is 77.2 Å². The second-order valence-electron chi connectivity index (χ2n) is 12.0. The number of benzene rings is 2. The highest BCUT2D eigenvalue weighted by atomic mass is 16.5. The predicted molar refractivity (Wildman–Crippen MR) is 170 cm³/mol. The summed E-state index contributed by atoms with van der Waals surface area (Å²) in [6.07, 6.45) is 2.60. The molecule has 5 amide bonds. The van der Waals surface area contributed by atoms with Gasteiger partial charge in [-0.3, -0.25) is 24.0 Å². The summed E-state index contributed by atoms with van der Waals surface area (Å²) in [5, 5.41) is 11.3. The number of nitrogens with zero attached hydrogens (tertiary/aromatic N) is 1. The largest absolute Gasteiger partial charge is 0.462 e. The number of unbranched alkanes of at least 4 members (excludes halogenated alkanes) is 1. The van der Waals surface area contributed by atoms with Crippen LogP contribution in [0.5, 0.6) is 0 Å².